The van der Waals surface area contributed by atoms with Crippen LogP contribution in [0, 0.1) is 5.41 Å². The number of nitrogens with one attached hydrogen (secondary N) is 1. The van der Waals surface area contributed by atoms with E-state index in [1.54, 1.807) is 6.92 Å². The van der Waals surface area contributed by atoms with Gasteiger partial charge in [-0.3, -0.25) is 4.79 Å². The molecule has 1 heterocycles. The molecule has 1 aromatic rings. The van der Waals surface area contributed by atoms with Crippen molar-refractivity contribution < 1.29 is 4.79 Å². The van der Waals surface area contributed by atoms with Crippen molar-refractivity contribution in [2.45, 2.75) is 46.5 Å². The Balaban J connectivity index is 2.89. The number of carbonyl (C=O) groups excluding carboxylic acids is 1. The van der Waals surface area contributed by atoms with Gasteiger partial charge in [0.2, 0.25) is 5.91 Å². The minimum absolute atomic E-state index is 0.0310. The lowest BCUT2D eigenvalue weighted by molar-refractivity contribution is -0.121. The zero-order valence-electron chi connectivity index (χ0n) is 12.0. The maximum atomic E-state index is 12.3. The van der Waals surface area contributed by atoms with Crippen LogP contribution >= 0.6 is 23.6 Å². The Morgan fingerprint density at radius 1 is 1.47 bits per heavy atom. The van der Waals surface area contributed by atoms with E-state index >= 15 is 0 Å². The highest BCUT2D eigenvalue weighted by Gasteiger charge is 2.35. The zero-order chi connectivity index (χ0) is 14.8. The van der Waals surface area contributed by atoms with Crippen LogP contribution in [0.1, 0.15) is 46.7 Å². The number of amides is 1. The van der Waals surface area contributed by atoms with E-state index in [9.17, 15) is 4.79 Å². The summed E-state index contributed by atoms with van der Waals surface area (Å²) in [6, 6.07) is 0. The molecule has 0 fully saturated rings. The lowest BCUT2D eigenvalue weighted by Gasteiger charge is -2.24. The number of thiocarbonyl (C=S) groups is 1. The summed E-state index contributed by atoms with van der Waals surface area (Å²) in [7, 11) is 0. The van der Waals surface area contributed by atoms with Crippen molar-refractivity contribution in [1.29, 1.82) is 0 Å². The molecule has 1 aromatic heterocycles. The van der Waals surface area contributed by atoms with Gasteiger partial charge in [-0.05, 0) is 13.3 Å². The number of nitrogens with two attached hydrogens (primary N) is 1. The Labute approximate surface area is 123 Å². The van der Waals surface area contributed by atoms with Gasteiger partial charge in [0, 0.05) is 10.8 Å². The number of carbonyl (C=O) groups is 1. The molecule has 106 valence electrons. The second-order valence-electron chi connectivity index (χ2n) is 5.79. The van der Waals surface area contributed by atoms with Gasteiger partial charge in [-0.1, -0.05) is 39.9 Å². The second-order valence-corrected chi connectivity index (χ2v) is 7.09. The number of hydrogen-bond donors (Lipinski definition) is 2. The molecule has 19 heavy (non-hydrogen) atoms. The van der Waals surface area contributed by atoms with E-state index in [1.165, 1.54) is 11.3 Å². The molecule has 1 atom stereocenters. The van der Waals surface area contributed by atoms with Crippen molar-refractivity contribution >= 4 is 39.6 Å². The van der Waals surface area contributed by atoms with Crippen LogP contribution in [0.3, 0.4) is 0 Å². The van der Waals surface area contributed by atoms with Crippen LogP contribution in [0.25, 0.3) is 0 Å². The molecule has 6 heteroatoms. The van der Waals surface area contributed by atoms with E-state index in [1.807, 2.05) is 12.3 Å². The Morgan fingerprint density at radius 2 is 2.05 bits per heavy atom. The van der Waals surface area contributed by atoms with Gasteiger partial charge < -0.3 is 11.1 Å². The molecule has 0 aliphatic carbocycles. The number of nitrogens with zero attached hydrogens (tertiary/aromatic N) is 1. The highest BCUT2D eigenvalue weighted by atomic mass is 32.1. The third-order valence-corrected chi connectivity index (χ3v) is 4.45. The fourth-order valence-electron chi connectivity index (χ4n) is 1.36. The summed E-state index contributed by atoms with van der Waals surface area (Å²) in [4.78, 5) is 16.9. The Hall–Kier alpha value is -1.01. The minimum Gasteiger partial charge on any atom is -0.392 e. The molecule has 0 saturated heterocycles. The highest BCUT2D eigenvalue weighted by molar-refractivity contribution is 7.80. The number of rotatable bonds is 4. The average molecular weight is 299 g/mol. The molecular formula is C13H21N3OS2. The molecular weight excluding hydrogens is 278 g/mol. The topological polar surface area (TPSA) is 68.0 Å². The highest BCUT2D eigenvalue weighted by Crippen LogP contribution is 2.29. The van der Waals surface area contributed by atoms with Crippen molar-refractivity contribution in [2.24, 2.45) is 11.1 Å². The first-order valence-corrected chi connectivity index (χ1v) is 7.47. The Kier molecular flexibility index (Phi) is 4.68. The van der Waals surface area contributed by atoms with E-state index in [2.05, 4.69) is 31.1 Å². The molecule has 0 aromatic carbocycles. The molecule has 1 unspecified atom stereocenters. The third kappa shape index (κ3) is 3.51. The maximum Gasteiger partial charge on any atom is 0.238 e. The van der Waals surface area contributed by atoms with Crippen molar-refractivity contribution in [3.05, 3.63) is 11.1 Å². The number of aromatic nitrogens is 1. The third-order valence-electron chi connectivity index (χ3n) is 3.25. The summed E-state index contributed by atoms with van der Waals surface area (Å²) in [5.41, 5.74) is 5.76. The predicted molar refractivity (Wildman–Crippen MR) is 84.6 cm³/mol. The molecule has 0 spiro atoms. The molecule has 0 saturated carbocycles. The summed E-state index contributed by atoms with van der Waals surface area (Å²) >= 11 is 6.40. The van der Waals surface area contributed by atoms with Gasteiger partial charge in [0.15, 0.2) is 5.13 Å². The monoisotopic (exact) mass is 299 g/mol. The lowest BCUT2D eigenvalue weighted by Crippen LogP contribution is -2.43. The fourth-order valence-corrected chi connectivity index (χ4v) is 2.53. The van der Waals surface area contributed by atoms with Crippen LogP contribution in [-0.2, 0) is 10.2 Å². The van der Waals surface area contributed by atoms with Crippen molar-refractivity contribution in [3.8, 4) is 0 Å². The molecule has 0 aliphatic rings. The molecule has 3 N–H and O–H groups in total. The van der Waals surface area contributed by atoms with Gasteiger partial charge in [-0.2, -0.15) is 0 Å². The summed E-state index contributed by atoms with van der Waals surface area (Å²) < 4.78 is 0. The second kappa shape index (κ2) is 5.54. The summed E-state index contributed by atoms with van der Waals surface area (Å²) in [6.45, 7) is 9.89. The fraction of sp³-hybridized carbons (Fsp3) is 0.615. The number of anilines is 1. The van der Waals surface area contributed by atoms with E-state index in [0.29, 0.717) is 11.6 Å². The summed E-state index contributed by atoms with van der Waals surface area (Å²) in [5, 5.41) is 5.35. The van der Waals surface area contributed by atoms with E-state index < -0.39 is 5.41 Å². The molecule has 1 rings (SSSR count). The van der Waals surface area contributed by atoms with Crippen LogP contribution in [0.5, 0.6) is 0 Å². The van der Waals surface area contributed by atoms with Gasteiger partial charge in [0.1, 0.15) is 0 Å². The SMILES string of the molecule is CCC(C)(C(=O)Nc1nc(C(C)(C)C)cs1)C(N)=S. The van der Waals surface area contributed by atoms with Crippen molar-refractivity contribution in [3.63, 3.8) is 0 Å². The van der Waals surface area contributed by atoms with Gasteiger partial charge in [-0.15, -0.1) is 11.3 Å². The quantitative estimate of drug-likeness (QED) is 0.838. The largest absolute Gasteiger partial charge is 0.392 e. The van der Waals surface area contributed by atoms with Gasteiger partial charge in [-0.25, -0.2) is 4.98 Å². The van der Waals surface area contributed by atoms with E-state index in [4.69, 9.17) is 18.0 Å². The van der Waals surface area contributed by atoms with Gasteiger partial charge >= 0.3 is 0 Å². The Bertz CT molecular complexity index is 490. The lowest BCUT2D eigenvalue weighted by atomic mass is 9.86. The first-order valence-electron chi connectivity index (χ1n) is 6.18. The molecule has 1 amide bonds. The zero-order valence-corrected chi connectivity index (χ0v) is 13.7. The normalized spacial score (nSPS) is 14.8. The van der Waals surface area contributed by atoms with Crippen LogP contribution in [0.2, 0.25) is 0 Å². The molecule has 0 radical (unpaired) electrons. The molecule has 0 aliphatic heterocycles. The number of thiazole rings is 1. The standard InChI is InChI=1S/C13H21N3OS2/c1-6-13(5,9(14)18)10(17)16-11-15-8(7-19-11)12(2,3)4/h7H,6H2,1-5H3,(H2,14,18)(H,15,16,17). The van der Waals surface area contributed by atoms with E-state index in [-0.39, 0.29) is 16.3 Å². The average Bonchev–Trinajstić information content (AvgIpc) is 2.75. The first kappa shape index (κ1) is 16.0. The van der Waals surface area contributed by atoms with Crippen LogP contribution in [0.4, 0.5) is 5.13 Å². The van der Waals surface area contributed by atoms with Crippen LogP contribution in [-0.4, -0.2) is 15.9 Å². The van der Waals surface area contributed by atoms with Crippen molar-refractivity contribution in [1.82, 2.24) is 4.98 Å². The molecule has 4 nitrogen and oxygen atoms in total. The molecule has 0 bridgehead atoms. The summed E-state index contributed by atoms with van der Waals surface area (Å²) in [5.74, 6) is -0.197. The van der Waals surface area contributed by atoms with Crippen LogP contribution < -0.4 is 11.1 Å². The smallest absolute Gasteiger partial charge is 0.238 e. The van der Waals surface area contributed by atoms with Gasteiger partial charge in [0.25, 0.3) is 0 Å². The van der Waals surface area contributed by atoms with Gasteiger partial charge in [0.05, 0.1) is 16.1 Å². The minimum atomic E-state index is -0.830. The van der Waals surface area contributed by atoms with Crippen LogP contribution in [0.15, 0.2) is 5.38 Å². The number of hydrogen-bond acceptors (Lipinski definition) is 4. The first-order chi connectivity index (χ1) is 8.61. The predicted octanol–water partition coefficient (Wildman–Crippen LogP) is 3.08. The van der Waals surface area contributed by atoms with E-state index in [0.717, 1.165) is 5.69 Å². The summed E-state index contributed by atoms with van der Waals surface area (Å²) in [6.07, 6.45) is 0.561. The maximum absolute atomic E-state index is 12.3. The Morgan fingerprint density at radius 3 is 2.42 bits per heavy atom. The van der Waals surface area contributed by atoms with Crippen molar-refractivity contribution in [2.75, 3.05) is 5.32 Å².